The molecule has 0 N–H and O–H groups in total. The van der Waals surface area contributed by atoms with Gasteiger partial charge in [-0.2, -0.15) is 0 Å². The van der Waals surface area contributed by atoms with E-state index in [0.717, 1.165) is 0 Å². The maximum absolute atomic E-state index is 11.3. The Kier molecular flexibility index (Phi) is 6.51. The molecule has 2 unspecified atom stereocenters. The molecule has 1 rings (SSSR count). The van der Waals surface area contributed by atoms with Crippen molar-refractivity contribution in [1.82, 2.24) is 0 Å². The summed E-state index contributed by atoms with van der Waals surface area (Å²) in [4.78, 5) is 11.3. The second-order valence-electron chi connectivity index (χ2n) is 7.57. The van der Waals surface area contributed by atoms with Crippen LogP contribution in [0.4, 0.5) is 4.79 Å². The molecule has 0 aromatic heterocycles. The van der Waals surface area contributed by atoms with Crippen LogP contribution in [-0.2, 0) is 14.2 Å². The van der Waals surface area contributed by atoms with Gasteiger partial charge in [-0.15, -0.1) is 0 Å². The maximum atomic E-state index is 11.3. The van der Waals surface area contributed by atoms with Gasteiger partial charge < -0.3 is 14.2 Å². The summed E-state index contributed by atoms with van der Waals surface area (Å²) >= 11 is 0. The summed E-state index contributed by atoms with van der Waals surface area (Å²) in [7, 11) is 0. The monoisotopic (exact) mass is 300 g/mol. The standard InChI is InChI=1S/C17H32O4/c1-7-19-15(18)20-12-17(5,6)21-13(2)14-9-8-10-16(3,4)11-14/h13-14H,7-12H2,1-6H3. The first kappa shape index (κ1) is 18.3. The van der Waals surface area contributed by atoms with Crippen LogP contribution < -0.4 is 0 Å². The molecular weight excluding hydrogens is 268 g/mol. The molecule has 124 valence electrons. The van der Waals surface area contributed by atoms with Crippen LogP contribution in [0.15, 0.2) is 0 Å². The molecule has 0 bridgehead atoms. The Bertz CT molecular complexity index is 336. The van der Waals surface area contributed by atoms with Crippen molar-refractivity contribution in [2.24, 2.45) is 11.3 Å². The lowest BCUT2D eigenvalue weighted by Crippen LogP contribution is -2.40. The second-order valence-corrected chi connectivity index (χ2v) is 7.57. The normalized spacial score (nSPS) is 23.4. The molecule has 4 nitrogen and oxygen atoms in total. The summed E-state index contributed by atoms with van der Waals surface area (Å²) in [5.41, 5.74) is -0.0835. The van der Waals surface area contributed by atoms with E-state index in [2.05, 4.69) is 20.8 Å². The number of ether oxygens (including phenoxy) is 3. The first-order valence-electron chi connectivity index (χ1n) is 8.12. The Labute approximate surface area is 129 Å². The third-order valence-corrected chi connectivity index (χ3v) is 4.21. The zero-order valence-electron chi connectivity index (χ0n) is 14.5. The van der Waals surface area contributed by atoms with Gasteiger partial charge in [0, 0.05) is 0 Å². The molecular formula is C17H32O4. The van der Waals surface area contributed by atoms with Crippen molar-refractivity contribution in [3.05, 3.63) is 0 Å². The van der Waals surface area contributed by atoms with Gasteiger partial charge in [-0.25, -0.2) is 4.79 Å². The molecule has 1 fully saturated rings. The van der Waals surface area contributed by atoms with E-state index < -0.39 is 11.8 Å². The molecule has 0 amide bonds. The number of carbonyl (C=O) groups is 1. The fourth-order valence-corrected chi connectivity index (χ4v) is 3.18. The minimum absolute atomic E-state index is 0.172. The summed E-state index contributed by atoms with van der Waals surface area (Å²) in [6.45, 7) is 13.0. The number of hydrogen-bond donors (Lipinski definition) is 0. The van der Waals surface area contributed by atoms with Crippen molar-refractivity contribution < 1.29 is 19.0 Å². The fraction of sp³-hybridized carbons (Fsp3) is 0.941. The first-order valence-corrected chi connectivity index (χ1v) is 8.12. The molecule has 1 saturated carbocycles. The topological polar surface area (TPSA) is 44.8 Å². The quantitative estimate of drug-likeness (QED) is 0.675. The Morgan fingerprint density at radius 3 is 2.57 bits per heavy atom. The first-order chi connectivity index (χ1) is 9.65. The van der Waals surface area contributed by atoms with Gasteiger partial charge in [-0.05, 0) is 58.3 Å². The van der Waals surface area contributed by atoms with Crippen LogP contribution >= 0.6 is 0 Å². The Morgan fingerprint density at radius 1 is 1.33 bits per heavy atom. The van der Waals surface area contributed by atoms with Crippen LogP contribution in [0.5, 0.6) is 0 Å². The minimum Gasteiger partial charge on any atom is -0.435 e. The highest BCUT2D eigenvalue weighted by atomic mass is 16.7. The van der Waals surface area contributed by atoms with Crippen molar-refractivity contribution in [1.29, 1.82) is 0 Å². The van der Waals surface area contributed by atoms with Crippen LogP contribution in [0.2, 0.25) is 0 Å². The van der Waals surface area contributed by atoms with Crippen LogP contribution in [0.25, 0.3) is 0 Å². The van der Waals surface area contributed by atoms with Crippen molar-refractivity contribution in [3.63, 3.8) is 0 Å². The van der Waals surface area contributed by atoms with E-state index in [1.165, 1.54) is 25.7 Å². The molecule has 0 saturated heterocycles. The highest BCUT2D eigenvalue weighted by molar-refractivity contribution is 5.59. The van der Waals surface area contributed by atoms with Crippen LogP contribution in [-0.4, -0.2) is 31.1 Å². The summed E-state index contributed by atoms with van der Waals surface area (Å²) in [5, 5.41) is 0. The van der Waals surface area contributed by atoms with E-state index in [9.17, 15) is 4.79 Å². The van der Waals surface area contributed by atoms with Gasteiger partial charge in [0.2, 0.25) is 0 Å². The third kappa shape index (κ3) is 6.68. The predicted molar refractivity (Wildman–Crippen MR) is 83.3 cm³/mol. The van der Waals surface area contributed by atoms with Crippen molar-refractivity contribution in [2.45, 2.75) is 78.9 Å². The highest BCUT2D eigenvalue weighted by Crippen LogP contribution is 2.41. The molecule has 0 radical (unpaired) electrons. The lowest BCUT2D eigenvalue weighted by molar-refractivity contribution is -0.125. The fourth-order valence-electron chi connectivity index (χ4n) is 3.18. The average Bonchev–Trinajstić information content (AvgIpc) is 2.35. The van der Waals surface area contributed by atoms with Gasteiger partial charge in [-0.3, -0.25) is 0 Å². The van der Waals surface area contributed by atoms with Gasteiger partial charge in [0.1, 0.15) is 6.61 Å². The number of carbonyl (C=O) groups excluding carboxylic acids is 1. The largest absolute Gasteiger partial charge is 0.508 e. The maximum Gasteiger partial charge on any atom is 0.508 e. The average molecular weight is 300 g/mol. The molecule has 1 aliphatic rings. The zero-order chi connectivity index (χ0) is 16.1. The van der Waals surface area contributed by atoms with Crippen LogP contribution in [0.1, 0.15) is 67.2 Å². The Morgan fingerprint density at radius 2 is 2.00 bits per heavy atom. The molecule has 0 aromatic rings. The van der Waals surface area contributed by atoms with Gasteiger partial charge in [0.15, 0.2) is 0 Å². The third-order valence-electron chi connectivity index (χ3n) is 4.21. The van der Waals surface area contributed by atoms with Gasteiger partial charge >= 0.3 is 6.16 Å². The molecule has 0 aliphatic heterocycles. The minimum atomic E-state index is -0.624. The molecule has 0 aromatic carbocycles. The molecule has 0 spiro atoms. The highest BCUT2D eigenvalue weighted by Gasteiger charge is 2.34. The Balaban J connectivity index is 2.44. The lowest BCUT2D eigenvalue weighted by Gasteiger charge is -2.40. The smallest absolute Gasteiger partial charge is 0.435 e. The van der Waals surface area contributed by atoms with E-state index in [1.54, 1.807) is 6.92 Å². The van der Waals surface area contributed by atoms with E-state index in [1.807, 2.05) is 13.8 Å². The van der Waals surface area contributed by atoms with E-state index in [-0.39, 0.29) is 12.7 Å². The van der Waals surface area contributed by atoms with E-state index >= 15 is 0 Å². The summed E-state index contributed by atoms with van der Waals surface area (Å²) < 4.78 is 16.0. The Hall–Kier alpha value is -0.770. The SMILES string of the molecule is CCOC(=O)OCC(C)(C)OC(C)C1CCCC(C)(C)C1. The molecule has 0 heterocycles. The molecule has 1 aliphatic carbocycles. The predicted octanol–water partition coefficient (Wildman–Crippen LogP) is 4.56. The van der Waals surface area contributed by atoms with Gasteiger partial charge in [0.05, 0.1) is 18.3 Å². The number of rotatable bonds is 6. The van der Waals surface area contributed by atoms with Crippen molar-refractivity contribution >= 4 is 6.16 Å². The van der Waals surface area contributed by atoms with Crippen LogP contribution in [0, 0.1) is 11.3 Å². The molecule has 4 heteroatoms. The summed E-state index contributed by atoms with van der Waals surface area (Å²) in [5.74, 6) is 0.579. The summed E-state index contributed by atoms with van der Waals surface area (Å²) in [6, 6.07) is 0. The lowest BCUT2D eigenvalue weighted by atomic mass is 9.71. The molecule has 21 heavy (non-hydrogen) atoms. The second kappa shape index (κ2) is 7.48. The van der Waals surface area contributed by atoms with E-state index in [0.29, 0.717) is 17.9 Å². The van der Waals surface area contributed by atoms with E-state index in [4.69, 9.17) is 14.2 Å². The number of hydrogen-bond acceptors (Lipinski definition) is 4. The summed E-state index contributed by atoms with van der Waals surface area (Å²) in [6.07, 6.45) is 4.53. The van der Waals surface area contributed by atoms with Gasteiger partial charge in [-0.1, -0.05) is 20.3 Å². The molecule has 2 atom stereocenters. The van der Waals surface area contributed by atoms with Crippen LogP contribution in [0.3, 0.4) is 0 Å². The van der Waals surface area contributed by atoms with Gasteiger partial charge in [0.25, 0.3) is 0 Å². The van der Waals surface area contributed by atoms with Crippen molar-refractivity contribution in [3.8, 4) is 0 Å². The zero-order valence-corrected chi connectivity index (χ0v) is 14.5. The van der Waals surface area contributed by atoms with Crippen molar-refractivity contribution in [2.75, 3.05) is 13.2 Å².